The highest BCUT2D eigenvalue weighted by molar-refractivity contribution is 5.70. The van der Waals surface area contributed by atoms with Gasteiger partial charge >= 0.3 is 11.9 Å². The first kappa shape index (κ1) is 66.8. The molecule has 0 aliphatic carbocycles. The van der Waals surface area contributed by atoms with Crippen LogP contribution < -0.4 is 0 Å². The first-order valence-electron chi connectivity index (χ1n) is 29.8. The first-order chi connectivity index (χ1) is 34.6. The Morgan fingerprint density at radius 1 is 0.329 bits per heavy atom. The topological polar surface area (TPSA) is 61.8 Å². The van der Waals surface area contributed by atoms with Crippen molar-refractivity contribution in [3.8, 4) is 0 Å². The molecule has 0 aliphatic heterocycles. The summed E-state index contributed by atoms with van der Waals surface area (Å²) in [7, 11) is 0. The third-order valence-corrected chi connectivity index (χ3v) is 12.6. The van der Waals surface area contributed by atoms with E-state index in [1.807, 2.05) is 0 Å². The molecule has 402 valence electrons. The van der Waals surface area contributed by atoms with Crippen molar-refractivity contribution in [2.75, 3.05) is 19.8 Å². The number of carbonyl (C=O) groups excluding carboxylic acids is 2. The molecule has 1 atom stereocenters. The maximum absolute atomic E-state index is 12.9. The number of unbranched alkanes of at least 4 members (excludes halogenated alkanes) is 27. The van der Waals surface area contributed by atoms with Crippen LogP contribution in [0.3, 0.4) is 0 Å². The van der Waals surface area contributed by atoms with Crippen LogP contribution in [0.15, 0.2) is 97.2 Å². The molecule has 0 N–H and O–H groups in total. The van der Waals surface area contributed by atoms with E-state index in [1.165, 1.54) is 135 Å². The van der Waals surface area contributed by atoms with Gasteiger partial charge in [-0.2, -0.15) is 0 Å². The van der Waals surface area contributed by atoms with E-state index in [2.05, 4.69) is 118 Å². The van der Waals surface area contributed by atoms with Crippen molar-refractivity contribution in [2.24, 2.45) is 0 Å². The second-order valence-corrected chi connectivity index (χ2v) is 19.5. The smallest absolute Gasteiger partial charge is 0.306 e. The second-order valence-electron chi connectivity index (χ2n) is 19.5. The summed E-state index contributed by atoms with van der Waals surface area (Å²) in [4.78, 5) is 25.5. The van der Waals surface area contributed by atoms with E-state index in [4.69, 9.17) is 14.2 Å². The fraction of sp³-hybridized carbons (Fsp3) is 0.723. The van der Waals surface area contributed by atoms with Gasteiger partial charge in [0, 0.05) is 19.4 Å². The molecule has 0 amide bonds. The molecule has 0 radical (unpaired) electrons. The molecule has 0 spiro atoms. The summed E-state index contributed by atoms with van der Waals surface area (Å²) in [5.41, 5.74) is 0. The highest BCUT2D eigenvalue weighted by atomic mass is 16.6. The van der Waals surface area contributed by atoms with Gasteiger partial charge in [0.15, 0.2) is 6.10 Å². The monoisotopic (exact) mass is 973 g/mol. The van der Waals surface area contributed by atoms with Crippen molar-refractivity contribution in [3.63, 3.8) is 0 Å². The zero-order valence-corrected chi connectivity index (χ0v) is 46.3. The Bertz CT molecular complexity index is 1330. The summed E-state index contributed by atoms with van der Waals surface area (Å²) in [6.45, 7) is 7.59. The van der Waals surface area contributed by atoms with Crippen LogP contribution in [0.25, 0.3) is 0 Å². The molecule has 5 nitrogen and oxygen atoms in total. The molecular weight excluding hydrogens is 861 g/mol. The van der Waals surface area contributed by atoms with Crippen molar-refractivity contribution in [1.29, 1.82) is 0 Å². The van der Waals surface area contributed by atoms with Gasteiger partial charge in [-0.05, 0) is 116 Å². The standard InChI is InChI=1S/C65H112O5/c1-4-7-10-13-16-19-22-25-28-30-32-34-36-39-42-45-48-51-54-57-60-68-61-63(70-65(67)59-56-53-50-47-44-41-37-27-24-21-18-15-12-9-6-3)62-69-64(66)58-55-52-49-46-43-40-38-35-33-31-29-26-23-20-17-14-11-8-5-2/h8-9,11-12,17-18,20-21,25-29,33,35,37,63H,4-7,10,13-16,19,22-24,30-32,34,36,38-62H2,1-3H3/b11-8-,12-9-,20-17-,21-18-,28-25-,29-26-,35-33-,37-27-. The largest absolute Gasteiger partial charge is 0.462 e. The molecule has 0 aromatic heterocycles. The number of esters is 2. The first-order valence-corrected chi connectivity index (χ1v) is 29.8. The van der Waals surface area contributed by atoms with E-state index in [0.717, 1.165) is 109 Å². The van der Waals surface area contributed by atoms with Crippen LogP contribution in [0.2, 0.25) is 0 Å². The van der Waals surface area contributed by atoms with Gasteiger partial charge in [0.25, 0.3) is 0 Å². The molecule has 1 unspecified atom stereocenters. The highest BCUT2D eigenvalue weighted by Crippen LogP contribution is 2.15. The Kier molecular flexibility index (Phi) is 57.4. The van der Waals surface area contributed by atoms with Crippen molar-refractivity contribution in [1.82, 2.24) is 0 Å². The van der Waals surface area contributed by atoms with Gasteiger partial charge < -0.3 is 14.2 Å². The van der Waals surface area contributed by atoms with Crippen LogP contribution in [-0.2, 0) is 23.8 Å². The number of hydrogen-bond donors (Lipinski definition) is 0. The summed E-state index contributed by atoms with van der Waals surface area (Å²) in [6.07, 6.45) is 81.5. The van der Waals surface area contributed by atoms with E-state index < -0.39 is 6.10 Å². The number of ether oxygens (including phenoxy) is 3. The average molecular weight is 974 g/mol. The Morgan fingerprint density at radius 3 is 1.04 bits per heavy atom. The van der Waals surface area contributed by atoms with Gasteiger partial charge in [0.1, 0.15) is 6.61 Å². The zero-order valence-electron chi connectivity index (χ0n) is 46.3. The maximum atomic E-state index is 12.9. The molecule has 5 heteroatoms. The van der Waals surface area contributed by atoms with Crippen molar-refractivity contribution in [3.05, 3.63) is 97.2 Å². The molecule has 0 bridgehead atoms. The van der Waals surface area contributed by atoms with Crippen LogP contribution in [0, 0.1) is 0 Å². The number of rotatable bonds is 54. The molecule has 0 rings (SSSR count). The van der Waals surface area contributed by atoms with Crippen molar-refractivity contribution in [2.45, 2.75) is 284 Å². The third-order valence-electron chi connectivity index (χ3n) is 12.6. The molecule has 0 fully saturated rings. The molecule has 0 saturated carbocycles. The summed E-state index contributed by atoms with van der Waals surface area (Å²) in [6, 6.07) is 0. The van der Waals surface area contributed by atoms with Gasteiger partial charge in [-0.15, -0.1) is 0 Å². The molecular formula is C65H112O5. The normalized spacial score (nSPS) is 12.9. The van der Waals surface area contributed by atoms with Crippen LogP contribution in [0.5, 0.6) is 0 Å². The lowest BCUT2D eigenvalue weighted by Gasteiger charge is -2.18. The molecule has 0 aromatic rings. The Hall–Kier alpha value is -3.18. The number of carbonyl (C=O) groups is 2. The Labute approximate surface area is 434 Å². The van der Waals surface area contributed by atoms with E-state index in [0.29, 0.717) is 19.4 Å². The number of allylic oxidation sites excluding steroid dienone is 16. The van der Waals surface area contributed by atoms with Crippen LogP contribution in [0.4, 0.5) is 0 Å². The minimum atomic E-state index is -0.558. The predicted octanol–water partition coefficient (Wildman–Crippen LogP) is 20.6. The third kappa shape index (κ3) is 57.4. The minimum absolute atomic E-state index is 0.0665. The molecule has 0 saturated heterocycles. The van der Waals surface area contributed by atoms with E-state index >= 15 is 0 Å². The lowest BCUT2D eigenvalue weighted by molar-refractivity contribution is -0.163. The Morgan fingerprint density at radius 2 is 0.643 bits per heavy atom. The summed E-state index contributed by atoms with van der Waals surface area (Å²) in [5, 5.41) is 0. The zero-order chi connectivity index (χ0) is 50.6. The average Bonchev–Trinajstić information content (AvgIpc) is 3.36. The van der Waals surface area contributed by atoms with Gasteiger partial charge in [-0.25, -0.2) is 0 Å². The van der Waals surface area contributed by atoms with Gasteiger partial charge in [0.2, 0.25) is 0 Å². The van der Waals surface area contributed by atoms with E-state index in [-0.39, 0.29) is 25.2 Å². The fourth-order valence-corrected chi connectivity index (χ4v) is 8.22. The van der Waals surface area contributed by atoms with Crippen molar-refractivity contribution >= 4 is 11.9 Å². The minimum Gasteiger partial charge on any atom is -0.462 e. The van der Waals surface area contributed by atoms with E-state index in [9.17, 15) is 9.59 Å². The SMILES string of the molecule is CC/C=C\C/C=C\C/C=C\C/C=C\CCCCCCCCC(=O)OCC(COCCCCCCCCCCCC/C=C\CCCCCCCC)OC(=O)CCCCCCC/C=C\C/C=C\C/C=C\CC. The Balaban J connectivity index is 4.31. The lowest BCUT2D eigenvalue weighted by atomic mass is 10.1. The van der Waals surface area contributed by atoms with Crippen LogP contribution in [-0.4, -0.2) is 37.9 Å². The molecule has 0 heterocycles. The lowest BCUT2D eigenvalue weighted by Crippen LogP contribution is -2.30. The summed E-state index contributed by atoms with van der Waals surface area (Å²) in [5.74, 6) is -0.429. The second kappa shape index (κ2) is 60.1. The summed E-state index contributed by atoms with van der Waals surface area (Å²) < 4.78 is 17.5. The maximum Gasteiger partial charge on any atom is 0.306 e. The van der Waals surface area contributed by atoms with Gasteiger partial charge in [-0.3, -0.25) is 9.59 Å². The molecule has 0 aliphatic rings. The predicted molar refractivity (Wildman–Crippen MR) is 306 cm³/mol. The van der Waals surface area contributed by atoms with Crippen LogP contribution >= 0.6 is 0 Å². The molecule has 70 heavy (non-hydrogen) atoms. The van der Waals surface area contributed by atoms with Crippen LogP contribution in [0.1, 0.15) is 278 Å². The van der Waals surface area contributed by atoms with Crippen molar-refractivity contribution < 1.29 is 23.8 Å². The highest BCUT2D eigenvalue weighted by Gasteiger charge is 2.17. The fourth-order valence-electron chi connectivity index (χ4n) is 8.22. The quantitative estimate of drug-likeness (QED) is 0.0345. The molecule has 0 aromatic carbocycles. The van der Waals surface area contributed by atoms with Gasteiger partial charge in [-0.1, -0.05) is 246 Å². The summed E-state index contributed by atoms with van der Waals surface area (Å²) >= 11 is 0. The number of hydrogen-bond acceptors (Lipinski definition) is 5. The van der Waals surface area contributed by atoms with E-state index in [1.54, 1.807) is 0 Å². The van der Waals surface area contributed by atoms with Gasteiger partial charge in [0.05, 0.1) is 6.61 Å².